The van der Waals surface area contributed by atoms with Crippen LogP contribution < -0.4 is 0 Å². The molecule has 18 heavy (non-hydrogen) atoms. The summed E-state index contributed by atoms with van der Waals surface area (Å²) in [5.41, 5.74) is 2.91. The Bertz CT molecular complexity index is 387. The maximum atomic E-state index is 2.35. The minimum Gasteiger partial charge on any atom is -0.0856 e. The Balaban J connectivity index is 2.18. The number of hydrogen-bond acceptors (Lipinski definition) is 2. The van der Waals surface area contributed by atoms with Crippen LogP contribution in [-0.2, 0) is 0 Å². The molecule has 0 atom stereocenters. The van der Waals surface area contributed by atoms with Gasteiger partial charge in [0.1, 0.15) is 0 Å². The lowest BCUT2D eigenvalue weighted by Gasteiger charge is -2.00. The maximum Gasteiger partial charge on any atom is 0.0223 e. The Morgan fingerprint density at radius 2 is 1.78 bits per heavy atom. The summed E-state index contributed by atoms with van der Waals surface area (Å²) in [5.74, 6) is 1.08. The van der Waals surface area contributed by atoms with Gasteiger partial charge in [-0.2, -0.15) is 0 Å². The van der Waals surface area contributed by atoms with Crippen molar-refractivity contribution in [1.29, 1.82) is 0 Å². The van der Waals surface area contributed by atoms with Crippen LogP contribution in [0.25, 0.3) is 0 Å². The van der Waals surface area contributed by atoms with E-state index in [1.54, 1.807) is 0 Å². The summed E-state index contributed by atoms with van der Waals surface area (Å²) in [6.45, 7) is 6.55. The van der Waals surface area contributed by atoms with Gasteiger partial charge >= 0.3 is 0 Å². The molecule has 0 aliphatic rings. The van der Waals surface area contributed by atoms with Gasteiger partial charge in [-0.15, -0.1) is 0 Å². The second kappa shape index (κ2) is 9.35. The Labute approximate surface area is 119 Å². The van der Waals surface area contributed by atoms with Gasteiger partial charge in [-0.1, -0.05) is 63.1 Å². The van der Waals surface area contributed by atoms with Crippen molar-refractivity contribution in [2.75, 3.05) is 5.75 Å². The average molecular weight is 278 g/mol. The highest BCUT2D eigenvalue weighted by atomic mass is 33.1. The minimum atomic E-state index is 1.08. The molecule has 0 N–H and O–H groups in total. The smallest absolute Gasteiger partial charge is 0.0223 e. The van der Waals surface area contributed by atoms with Gasteiger partial charge in [0.05, 0.1) is 0 Å². The van der Waals surface area contributed by atoms with Crippen LogP contribution in [0, 0.1) is 0 Å². The average Bonchev–Trinajstić information content (AvgIpc) is 2.35. The van der Waals surface area contributed by atoms with Crippen molar-refractivity contribution in [1.82, 2.24) is 0 Å². The highest BCUT2D eigenvalue weighted by Gasteiger charge is 1.93. The second-order valence-electron chi connectivity index (χ2n) is 4.55. The van der Waals surface area contributed by atoms with E-state index in [2.05, 4.69) is 63.3 Å². The minimum absolute atomic E-state index is 1.08. The summed E-state index contributed by atoms with van der Waals surface area (Å²) >= 11 is 0. The van der Waals surface area contributed by atoms with Gasteiger partial charge in [-0.3, -0.25) is 0 Å². The zero-order valence-electron chi connectivity index (χ0n) is 11.5. The van der Waals surface area contributed by atoms with Crippen molar-refractivity contribution in [3.05, 3.63) is 53.6 Å². The van der Waals surface area contributed by atoms with E-state index in [0.717, 1.165) is 5.75 Å². The van der Waals surface area contributed by atoms with Crippen LogP contribution in [0.1, 0.15) is 33.6 Å². The summed E-state index contributed by atoms with van der Waals surface area (Å²) in [6.07, 6.45) is 7.01. The third kappa shape index (κ3) is 7.67. The van der Waals surface area contributed by atoms with Crippen molar-refractivity contribution in [3.8, 4) is 0 Å². The summed E-state index contributed by atoms with van der Waals surface area (Å²) < 4.78 is 0. The molecular formula is C16H22S2. The van der Waals surface area contributed by atoms with E-state index >= 15 is 0 Å². The number of benzene rings is 1. The molecule has 0 aliphatic carbocycles. The fraction of sp³-hybridized carbons (Fsp3) is 0.375. The molecule has 1 aromatic rings. The lowest BCUT2D eigenvalue weighted by Crippen LogP contribution is -1.79. The van der Waals surface area contributed by atoms with Crippen molar-refractivity contribution < 1.29 is 0 Å². The highest BCUT2D eigenvalue weighted by Crippen LogP contribution is 2.30. The predicted octanol–water partition coefficient (Wildman–Crippen LogP) is 6.12. The maximum absolute atomic E-state index is 2.35. The van der Waals surface area contributed by atoms with Crippen molar-refractivity contribution >= 4 is 21.6 Å². The molecule has 0 nitrogen and oxygen atoms in total. The predicted molar refractivity (Wildman–Crippen MR) is 87.2 cm³/mol. The van der Waals surface area contributed by atoms with Crippen molar-refractivity contribution in [2.45, 2.75) is 38.5 Å². The molecule has 1 rings (SSSR count). The topological polar surface area (TPSA) is 0 Å². The molecule has 1 aromatic carbocycles. The Morgan fingerprint density at radius 3 is 2.44 bits per heavy atom. The SMILES string of the molecule is CC(C)=CCCC(C)=CCSSc1ccccc1. The normalized spacial score (nSPS) is 11.4. The molecule has 0 aromatic heterocycles. The highest BCUT2D eigenvalue weighted by molar-refractivity contribution is 8.76. The van der Waals surface area contributed by atoms with Crippen molar-refractivity contribution in [3.63, 3.8) is 0 Å². The van der Waals surface area contributed by atoms with Crippen LogP contribution >= 0.6 is 21.6 Å². The Kier molecular flexibility index (Phi) is 8.03. The molecule has 0 heterocycles. The molecule has 0 spiro atoms. The molecule has 0 amide bonds. The standard InChI is InChI=1S/C16H22S2/c1-14(2)8-7-9-15(3)12-13-17-18-16-10-5-4-6-11-16/h4-6,8,10-12H,7,9,13H2,1-3H3. The fourth-order valence-electron chi connectivity index (χ4n) is 1.44. The van der Waals surface area contributed by atoms with Gasteiger partial charge in [0.25, 0.3) is 0 Å². The van der Waals surface area contributed by atoms with Crippen LogP contribution in [-0.4, -0.2) is 5.75 Å². The van der Waals surface area contributed by atoms with Crippen LogP contribution in [0.4, 0.5) is 0 Å². The molecule has 2 heteroatoms. The third-order valence-electron chi connectivity index (χ3n) is 2.49. The molecular weight excluding hydrogens is 256 g/mol. The summed E-state index contributed by atoms with van der Waals surface area (Å²) in [5, 5.41) is 0. The zero-order chi connectivity index (χ0) is 13.2. The van der Waals surface area contributed by atoms with E-state index in [4.69, 9.17) is 0 Å². The van der Waals surface area contributed by atoms with E-state index in [1.807, 2.05) is 21.6 Å². The van der Waals surface area contributed by atoms with E-state index in [0.29, 0.717) is 0 Å². The number of hydrogen-bond donors (Lipinski definition) is 0. The largest absolute Gasteiger partial charge is 0.0856 e. The lowest BCUT2D eigenvalue weighted by molar-refractivity contribution is 0.964. The van der Waals surface area contributed by atoms with Gasteiger partial charge in [0.2, 0.25) is 0 Å². The van der Waals surface area contributed by atoms with Gasteiger partial charge < -0.3 is 0 Å². The first-order valence-electron chi connectivity index (χ1n) is 6.32. The first kappa shape index (κ1) is 15.5. The molecule has 0 saturated heterocycles. The molecule has 0 bridgehead atoms. The van der Waals surface area contributed by atoms with Gasteiger partial charge in [0, 0.05) is 10.6 Å². The van der Waals surface area contributed by atoms with Crippen LogP contribution in [0.5, 0.6) is 0 Å². The van der Waals surface area contributed by atoms with E-state index < -0.39 is 0 Å². The molecule has 0 radical (unpaired) electrons. The first-order chi connectivity index (χ1) is 8.68. The zero-order valence-corrected chi connectivity index (χ0v) is 13.1. The van der Waals surface area contributed by atoms with Crippen LogP contribution in [0.2, 0.25) is 0 Å². The summed E-state index contributed by atoms with van der Waals surface area (Å²) in [4.78, 5) is 1.33. The first-order valence-corrected chi connectivity index (χ1v) is 8.64. The van der Waals surface area contributed by atoms with Crippen LogP contribution in [0.3, 0.4) is 0 Å². The van der Waals surface area contributed by atoms with E-state index in [1.165, 1.54) is 28.9 Å². The molecule has 0 aliphatic heterocycles. The van der Waals surface area contributed by atoms with Gasteiger partial charge in [-0.25, -0.2) is 0 Å². The number of rotatable bonds is 7. The second-order valence-corrected chi connectivity index (χ2v) is 6.97. The van der Waals surface area contributed by atoms with Crippen LogP contribution in [0.15, 0.2) is 58.5 Å². The monoisotopic (exact) mass is 278 g/mol. The summed E-state index contributed by atoms with van der Waals surface area (Å²) in [7, 11) is 3.75. The Morgan fingerprint density at radius 1 is 1.06 bits per heavy atom. The van der Waals surface area contributed by atoms with E-state index in [-0.39, 0.29) is 0 Å². The quantitative estimate of drug-likeness (QED) is 0.335. The molecule has 0 saturated carbocycles. The number of allylic oxidation sites excluding steroid dienone is 3. The van der Waals surface area contributed by atoms with Gasteiger partial charge in [0.15, 0.2) is 0 Å². The van der Waals surface area contributed by atoms with E-state index in [9.17, 15) is 0 Å². The molecule has 0 fully saturated rings. The molecule has 0 unspecified atom stereocenters. The lowest BCUT2D eigenvalue weighted by atomic mass is 10.1. The fourth-order valence-corrected chi connectivity index (χ4v) is 3.42. The molecule has 98 valence electrons. The third-order valence-corrected chi connectivity index (χ3v) is 4.71. The summed E-state index contributed by atoms with van der Waals surface area (Å²) in [6, 6.07) is 10.5. The van der Waals surface area contributed by atoms with Gasteiger partial charge in [-0.05, 0) is 45.7 Å². The Hall–Kier alpha value is -0.600. The van der Waals surface area contributed by atoms with Crippen molar-refractivity contribution in [2.24, 2.45) is 0 Å².